The first-order valence-corrected chi connectivity index (χ1v) is 10.4. The molecule has 4 heteroatoms. The smallest absolute Gasteiger partial charge is 0.0794 e. The number of halogens is 1. The van der Waals surface area contributed by atoms with Crippen molar-refractivity contribution in [2.45, 2.75) is 38.5 Å². The maximum absolute atomic E-state index is 10.7. The highest BCUT2D eigenvalue weighted by molar-refractivity contribution is 9.10. The molecule has 0 bridgehead atoms. The van der Waals surface area contributed by atoms with Crippen molar-refractivity contribution in [1.29, 1.82) is 0 Å². The molecule has 0 radical (unpaired) electrons. The molecular weight excluding hydrogens is 388 g/mol. The molecule has 3 nitrogen and oxygen atoms in total. The van der Waals surface area contributed by atoms with Crippen molar-refractivity contribution in [3.8, 4) is 0 Å². The third-order valence-corrected chi connectivity index (χ3v) is 6.12. The molecule has 2 aliphatic heterocycles. The Morgan fingerprint density at radius 2 is 1.54 bits per heavy atom. The van der Waals surface area contributed by atoms with Gasteiger partial charge in [0.05, 0.1) is 6.10 Å². The second-order valence-electron chi connectivity index (χ2n) is 7.66. The predicted octanol–water partition coefficient (Wildman–Crippen LogP) is 3.62. The van der Waals surface area contributed by atoms with E-state index >= 15 is 0 Å². The molecule has 0 amide bonds. The number of β-amino-alcohol motifs (C(OH)–C–C–N with tert-alkyl or cyclic N) is 1. The van der Waals surface area contributed by atoms with Crippen molar-refractivity contribution < 1.29 is 5.11 Å². The van der Waals surface area contributed by atoms with Crippen LogP contribution in [0, 0.1) is 0 Å². The van der Waals surface area contributed by atoms with Crippen LogP contribution in [0.1, 0.15) is 28.7 Å². The first-order valence-electron chi connectivity index (χ1n) is 9.64. The number of rotatable bonds is 4. The molecular formula is C22H27BrN2O. The zero-order valence-corrected chi connectivity index (χ0v) is 16.8. The van der Waals surface area contributed by atoms with E-state index in [4.69, 9.17) is 0 Å². The summed E-state index contributed by atoms with van der Waals surface area (Å²) in [6.45, 7) is 5.54. The number of nitrogens with zero attached hydrogens (tertiary/aromatic N) is 2. The Morgan fingerprint density at radius 3 is 2.35 bits per heavy atom. The van der Waals surface area contributed by atoms with E-state index in [1.54, 1.807) is 0 Å². The number of fused-ring (bicyclic) bond motifs is 2. The van der Waals surface area contributed by atoms with E-state index in [-0.39, 0.29) is 6.10 Å². The molecule has 0 aromatic heterocycles. The summed E-state index contributed by atoms with van der Waals surface area (Å²) >= 11 is 3.58. The molecule has 0 spiro atoms. The highest BCUT2D eigenvalue weighted by Crippen LogP contribution is 2.23. The van der Waals surface area contributed by atoms with E-state index < -0.39 is 0 Å². The van der Waals surface area contributed by atoms with Gasteiger partial charge in [-0.1, -0.05) is 46.3 Å². The van der Waals surface area contributed by atoms with Gasteiger partial charge in [-0.25, -0.2) is 0 Å². The van der Waals surface area contributed by atoms with Gasteiger partial charge in [-0.3, -0.25) is 9.80 Å². The molecule has 2 aromatic carbocycles. The molecule has 1 atom stereocenters. The summed E-state index contributed by atoms with van der Waals surface area (Å²) in [5, 5.41) is 10.7. The van der Waals surface area contributed by atoms with Crippen molar-refractivity contribution in [3.05, 3.63) is 69.2 Å². The van der Waals surface area contributed by atoms with E-state index in [1.807, 2.05) is 0 Å². The number of aliphatic hydroxyl groups excluding tert-OH is 1. The van der Waals surface area contributed by atoms with Crippen molar-refractivity contribution in [2.24, 2.45) is 0 Å². The summed E-state index contributed by atoms with van der Waals surface area (Å²) in [5.74, 6) is 0. The van der Waals surface area contributed by atoms with Crippen LogP contribution in [0.3, 0.4) is 0 Å². The van der Waals surface area contributed by atoms with E-state index in [0.717, 1.165) is 63.0 Å². The maximum Gasteiger partial charge on any atom is 0.0794 e. The maximum atomic E-state index is 10.7. The molecule has 0 fully saturated rings. The Bertz CT molecular complexity index is 764. The Balaban J connectivity index is 1.33. The van der Waals surface area contributed by atoms with Crippen LogP contribution in [-0.4, -0.2) is 47.2 Å². The summed E-state index contributed by atoms with van der Waals surface area (Å²) in [6.07, 6.45) is 3.09. The van der Waals surface area contributed by atoms with Crippen LogP contribution in [-0.2, 0) is 25.9 Å². The van der Waals surface area contributed by atoms with Gasteiger partial charge in [0.2, 0.25) is 0 Å². The van der Waals surface area contributed by atoms with Gasteiger partial charge < -0.3 is 5.11 Å². The molecule has 1 unspecified atom stereocenters. The van der Waals surface area contributed by atoms with Crippen LogP contribution in [0.5, 0.6) is 0 Å². The largest absolute Gasteiger partial charge is 0.390 e. The zero-order chi connectivity index (χ0) is 17.9. The minimum absolute atomic E-state index is 0.294. The Morgan fingerprint density at radius 1 is 0.846 bits per heavy atom. The molecule has 2 aromatic rings. The van der Waals surface area contributed by atoms with Gasteiger partial charge in [0.15, 0.2) is 0 Å². The average Bonchev–Trinajstić information content (AvgIpc) is 2.82. The molecule has 0 saturated carbocycles. The topological polar surface area (TPSA) is 26.7 Å². The third kappa shape index (κ3) is 4.37. The second-order valence-corrected chi connectivity index (χ2v) is 8.58. The summed E-state index contributed by atoms with van der Waals surface area (Å²) in [5.41, 5.74) is 5.74. The summed E-state index contributed by atoms with van der Waals surface area (Å²) in [6, 6.07) is 15.3. The number of hydrogen-bond donors (Lipinski definition) is 1. The van der Waals surface area contributed by atoms with Gasteiger partial charge in [0, 0.05) is 37.2 Å². The first kappa shape index (κ1) is 18.2. The monoisotopic (exact) mass is 414 g/mol. The van der Waals surface area contributed by atoms with Crippen LogP contribution in [0.2, 0.25) is 0 Å². The summed E-state index contributed by atoms with van der Waals surface area (Å²) in [7, 11) is 0. The normalized spacial score (nSPS) is 19.5. The molecule has 2 aliphatic rings. The Kier molecular flexibility index (Phi) is 5.75. The second kappa shape index (κ2) is 8.22. The van der Waals surface area contributed by atoms with Crippen LogP contribution in [0.25, 0.3) is 0 Å². The van der Waals surface area contributed by atoms with E-state index in [9.17, 15) is 5.11 Å². The molecule has 138 valence electrons. The van der Waals surface area contributed by atoms with E-state index in [0.29, 0.717) is 0 Å². The van der Waals surface area contributed by atoms with Crippen LogP contribution in [0.15, 0.2) is 46.9 Å². The van der Waals surface area contributed by atoms with Gasteiger partial charge in [-0.2, -0.15) is 0 Å². The van der Waals surface area contributed by atoms with Crippen molar-refractivity contribution >= 4 is 15.9 Å². The summed E-state index contributed by atoms with van der Waals surface area (Å²) in [4.78, 5) is 4.82. The lowest BCUT2D eigenvalue weighted by Crippen LogP contribution is -2.42. The number of aryl methyl sites for hydroxylation is 1. The number of hydrogen-bond acceptors (Lipinski definition) is 3. The SMILES string of the molecule is OC(CN1CCCc2cc(Br)ccc2C1)CN1CCc2ccccc2C1. The first-order chi connectivity index (χ1) is 12.7. The lowest BCUT2D eigenvalue weighted by molar-refractivity contribution is 0.0671. The Labute approximate surface area is 164 Å². The van der Waals surface area contributed by atoms with Gasteiger partial charge in [0.1, 0.15) is 0 Å². The highest BCUT2D eigenvalue weighted by Gasteiger charge is 2.21. The van der Waals surface area contributed by atoms with Crippen LogP contribution in [0.4, 0.5) is 0 Å². The highest BCUT2D eigenvalue weighted by atomic mass is 79.9. The van der Waals surface area contributed by atoms with E-state index in [2.05, 4.69) is 68.2 Å². The van der Waals surface area contributed by atoms with Crippen molar-refractivity contribution in [1.82, 2.24) is 9.80 Å². The average molecular weight is 415 g/mol. The summed E-state index contributed by atoms with van der Waals surface area (Å²) < 4.78 is 1.16. The fourth-order valence-corrected chi connectivity index (χ4v) is 4.72. The molecule has 0 aliphatic carbocycles. The van der Waals surface area contributed by atoms with Gasteiger partial charge in [-0.05, 0) is 60.2 Å². The van der Waals surface area contributed by atoms with Gasteiger partial charge in [0.25, 0.3) is 0 Å². The molecule has 0 saturated heterocycles. The zero-order valence-electron chi connectivity index (χ0n) is 15.2. The predicted molar refractivity (Wildman–Crippen MR) is 109 cm³/mol. The standard InChI is InChI=1S/C22H27BrN2O/c23-21-8-7-20-14-24(10-3-6-18(20)12-21)15-22(26)16-25-11-9-17-4-1-2-5-19(17)13-25/h1-2,4-5,7-8,12,22,26H,3,6,9-11,13-16H2. The molecule has 26 heavy (non-hydrogen) atoms. The fraction of sp³-hybridized carbons (Fsp3) is 0.455. The third-order valence-electron chi connectivity index (χ3n) is 5.63. The quantitative estimate of drug-likeness (QED) is 0.827. The number of aliphatic hydroxyl groups is 1. The minimum atomic E-state index is -0.294. The lowest BCUT2D eigenvalue weighted by Gasteiger charge is -2.32. The molecule has 2 heterocycles. The van der Waals surface area contributed by atoms with E-state index in [1.165, 1.54) is 22.3 Å². The fourth-order valence-electron chi connectivity index (χ4n) is 4.31. The number of benzene rings is 2. The lowest BCUT2D eigenvalue weighted by atomic mass is 10.00. The van der Waals surface area contributed by atoms with Crippen molar-refractivity contribution in [2.75, 3.05) is 26.2 Å². The van der Waals surface area contributed by atoms with Crippen LogP contribution < -0.4 is 0 Å². The molecule has 1 N–H and O–H groups in total. The van der Waals surface area contributed by atoms with Crippen LogP contribution >= 0.6 is 15.9 Å². The van der Waals surface area contributed by atoms with Gasteiger partial charge in [-0.15, -0.1) is 0 Å². The van der Waals surface area contributed by atoms with Crippen molar-refractivity contribution in [3.63, 3.8) is 0 Å². The minimum Gasteiger partial charge on any atom is -0.390 e. The van der Waals surface area contributed by atoms with Gasteiger partial charge >= 0.3 is 0 Å². The Hall–Kier alpha value is -1.20. The molecule has 4 rings (SSSR count).